The van der Waals surface area contributed by atoms with Crippen molar-refractivity contribution in [3.63, 3.8) is 0 Å². The Hall–Kier alpha value is -1.96. The van der Waals surface area contributed by atoms with Gasteiger partial charge in [-0.05, 0) is 6.42 Å². The molecule has 1 rings (SSSR count). The molecular weight excluding hydrogens is 240 g/mol. The normalized spacial score (nSPS) is 10.3. The number of carboxylic acid groups (broad SMARTS) is 1. The highest BCUT2D eigenvalue weighted by atomic mass is 16.5. The second-order valence-electron chi connectivity index (χ2n) is 3.67. The fourth-order valence-electron chi connectivity index (χ4n) is 1.29. The summed E-state index contributed by atoms with van der Waals surface area (Å²) < 4.78 is 6.04. The Balaban J connectivity index is 2.28. The van der Waals surface area contributed by atoms with Crippen LogP contribution in [0.2, 0.25) is 0 Å². The molecule has 1 aromatic rings. The highest BCUT2D eigenvalue weighted by Crippen LogP contribution is 1.94. The molecule has 0 aliphatic carbocycles. The number of carbonyl (C=O) groups is 2. The van der Waals surface area contributed by atoms with Gasteiger partial charge >= 0.3 is 5.97 Å². The maximum atomic E-state index is 11.4. The summed E-state index contributed by atoms with van der Waals surface area (Å²) in [6, 6.07) is 0. The lowest BCUT2D eigenvalue weighted by atomic mass is 10.3. The molecule has 0 fully saturated rings. The minimum atomic E-state index is -0.991. The number of methoxy groups -OCH3 is 1. The summed E-state index contributed by atoms with van der Waals surface area (Å²) in [7, 11) is 1.58. The molecule has 2 N–H and O–H groups in total. The van der Waals surface area contributed by atoms with Gasteiger partial charge in [0.25, 0.3) is 0 Å². The SMILES string of the molecule is COCCCC(=O)NCc1cn(CC(=O)O)nn1. The van der Waals surface area contributed by atoms with Crippen LogP contribution in [0.25, 0.3) is 0 Å². The minimum Gasteiger partial charge on any atom is -0.480 e. The molecular formula is C10H16N4O4. The average Bonchev–Trinajstić information content (AvgIpc) is 2.73. The molecule has 1 heterocycles. The van der Waals surface area contributed by atoms with Crippen molar-refractivity contribution in [3.8, 4) is 0 Å². The summed E-state index contributed by atoms with van der Waals surface area (Å²) in [5, 5.41) is 18.6. The molecule has 0 unspecified atom stereocenters. The van der Waals surface area contributed by atoms with E-state index < -0.39 is 5.97 Å². The van der Waals surface area contributed by atoms with Gasteiger partial charge in [0, 0.05) is 20.1 Å². The summed E-state index contributed by atoms with van der Waals surface area (Å²) in [6.45, 7) is 0.544. The number of amides is 1. The van der Waals surface area contributed by atoms with E-state index in [0.29, 0.717) is 25.1 Å². The molecule has 0 radical (unpaired) electrons. The maximum Gasteiger partial charge on any atom is 0.325 e. The van der Waals surface area contributed by atoms with Crippen LogP contribution >= 0.6 is 0 Å². The highest BCUT2D eigenvalue weighted by Gasteiger charge is 2.06. The van der Waals surface area contributed by atoms with Crippen LogP contribution < -0.4 is 5.32 Å². The number of nitrogens with one attached hydrogen (secondary N) is 1. The Kier molecular flexibility index (Phi) is 5.78. The van der Waals surface area contributed by atoms with Crippen molar-refractivity contribution in [1.29, 1.82) is 0 Å². The Morgan fingerprint density at radius 3 is 3.00 bits per heavy atom. The molecule has 100 valence electrons. The van der Waals surface area contributed by atoms with Gasteiger partial charge in [-0.1, -0.05) is 5.21 Å². The molecule has 1 aromatic heterocycles. The molecule has 0 spiro atoms. The molecule has 0 saturated carbocycles. The molecule has 0 aliphatic heterocycles. The first kappa shape index (κ1) is 14.1. The summed E-state index contributed by atoms with van der Waals surface area (Å²) in [4.78, 5) is 21.8. The molecule has 0 atom stereocenters. The number of aliphatic carboxylic acids is 1. The van der Waals surface area contributed by atoms with Gasteiger partial charge in [0.15, 0.2) is 0 Å². The zero-order chi connectivity index (χ0) is 13.4. The smallest absolute Gasteiger partial charge is 0.325 e. The van der Waals surface area contributed by atoms with Crippen LogP contribution in [0.4, 0.5) is 0 Å². The average molecular weight is 256 g/mol. The predicted octanol–water partition coefficient (Wildman–Crippen LogP) is -0.594. The Morgan fingerprint density at radius 1 is 1.56 bits per heavy atom. The molecule has 18 heavy (non-hydrogen) atoms. The van der Waals surface area contributed by atoms with E-state index in [9.17, 15) is 9.59 Å². The monoisotopic (exact) mass is 256 g/mol. The van der Waals surface area contributed by atoms with Crippen molar-refractivity contribution in [3.05, 3.63) is 11.9 Å². The van der Waals surface area contributed by atoms with Crippen LogP contribution in [-0.2, 0) is 27.4 Å². The van der Waals surface area contributed by atoms with Crippen molar-refractivity contribution >= 4 is 11.9 Å². The summed E-state index contributed by atoms with van der Waals surface area (Å²) in [5.74, 6) is -1.09. The van der Waals surface area contributed by atoms with Gasteiger partial charge in [0.05, 0.1) is 12.7 Å². The molecule has 0 aliphatic rings. The number of hydrogen-bond acceptors (Lipinski definition) is 5. The van der Waals surface area contributed by atoms with Crippen molar-refractivity contribution in [2.24, 2.45) is 0 Å². The lowest BCUT2D eigenvalue weighted by molar-refractivity contribution is -0.138. The predicted molar refractivity (Wildman–Crippen MR) is 60.6 cm³/mol. The lowest BCUT2D eigenvalue weighted by Gasteiger charge is -2.02. The van der Waals surface area contributed by atoms with Crippen molar-refractivity contribution in [1.82, 2.24) is 20.3 Å². The van der Waals surface area contributed by atoms with Crippen LogP contribution in [-0.4, -0.2) is 45.7 Å². The first-order chi connectivity index (χ1) is 8.61. The van der Waals surface area contributed by atoms with E-state index in [1.54, 1.807) is 7.11 Å². The van der Waals surface area contributed by atoms with E-state index in [1.807, 2.05) is 0 Å². The number of carbonyl (C=O) groups excluding carboxylic acids is 1. The van der Waals surface area contributed by atoms with Crippen molar-refractivity contribution < 1.29 is 19.4 Å². The van der Waals surface area contributed by atoms with Gasteiger partial charge in [0.1, 0.15) is 12.2 Å². The van der Waals surface area contributed by atoms with E-state index in [2.05, 4.69) is 15.6 Å². The van der Waals surface area contributed by atoms with Crippen LogP contribution in [0.1, 0.15) is 18.5 Å². The third-order valence-corrected chi connectivity index (χ3v) is 2.10. The van der Waals surface area contributed by atoms with Crippen LogP contribution in [0.15, 0.2) is 6.20 Å². The molecule has 8 heteroatoms. The van der Waals surface area contributed by atoms with Gasteiger partial charge in [-0.15, -0.1) is 5.10 Å². The number of hydrogen-bond donors (Lipinski definition) is 2. The quantitative estimate of drug-likeness (QED) is 0.602. The zero-order valence-electron chi connectivity index (χ0n) is 10.1. The number of aromatic nitrogens is 3. The lowest BCUT2D eigenvalue weighted by Crippen LogP contribution is -2.22. The number of carboxylic acids is 1. The van der Waals surface area contributed by atoms with Crippen LogP contribution in [0, 0.1) is 0 Å². The fraction of sp³-hybridized carbons (Fsp3) is 0.600. The first-order valence-electron chi connectivity index (χ1n) is 5.48. The van der Waals surface area contributed by atoms with Gasteiger partial charge in [0.2, 0.25) is 5.91 Å². The van der Waals surface area contributed by atoms with Crippen LogP contribution in [0.5, 0.6) is 0 Å². The molecule has 0 aromatic carbocycles. The zero-order valence-corrected chi connectivity index (χ0v) is 10.1. The van der Waals surface area contributed by atoms with Gasteiger partial charge < -0.3 is 15.2 Å². The Labute approximate surface area is 104 Å². The van der Waals surface area contributed by atoms with Crippen molar-refractivity contribution in [2.45, 2.75) is 25.9 Å². The van der Waals surface area contributed by atoms with E-state index in [-0.39, 0.29) is 19.0 Å². The summed E-state index contributed by atoms with van der Waals surface area (Å²) >= 11 is 0. The number of ether oxygens (including phenoxy) is 1. The molecule has 8 nitrogen and oxygen atoms in total. The second-order valence-corrected chi connectivity index (χ2v) is 3.67. The highest BCUT2D eigenvalue weighted by molar-refractivity contribution is 5.75. The summed E-state index contributed by atoms with van der Waals surface area (Å²) in [6.07, 6.45) is 2.54. The van der Waals surface area contributed by atoms with Gasteiger partial charge in [-0.25, -0.2) is 4.68 Å². The van der Waals surface area contributed by atoms with E-state index in [0.717, 1.165) is 0 Å². The van der Waals surface area contributed by atoms with Crippen molar-refractivity contribution in [2.75, 3.05) is 13.7 Å². The van der Waals surface area contributed by atoms with Gasteiger partial charge in [-0.2, -0.15) is 0 Å². The molecule has 1 amide bonds. The topological polar surface area (TPSA) is 106 Å². The largest absolute Gasteiger partial charge is 0.480 e. The third-order valence-electron chi connectivity index (χ3n) is 2.10. The number of nitrogens with zero attached hydrogens (tertiary/aromatic N) is 3. The Morgan fingerprint density at radius 2 is 2.33 bits per heavy atom. The van der Waals surface area contributed by atoms with E-state index in [4.69, 9.17) is 9.84 Å². The Bertz CT molecular complexity index is 404. The molecule has 0 saturated heterocycles. The first-order valence-corrected chi connectivity index (χ1v) is 5.48. The third kappa shape index (κ3) is 5.39. The van der Waals surface area contributed by atoms with Gasteiger partial charge in [-0.3, -0.25) is 9.59 Å². The molecule has 0 bridgehead atoms. The minimum absolute atomic E-state index is 0.0974. The van der Waals surface area contributed by atoms with E-state index >= 15 is 0 Å². The van der Waals surface area contributed by atoms with E-state index in [1.165, 1.54) is 10.9 Å². The maximum absolute atomic E-state index is 11.4. The van der Waals surface area contributed by atoms with Crippen LogP contribution in [0.3, 0.4) is 0 Å². The standard InChI is InChI=1S/C10H16N4O4/c1-18-4-2-3-9(15)11-5-8-6-14(13-12-8)7-10(16)17/h6H,2-5,7H2,1H3,(H,11,15)(H,16,17). The number of rotatable bonds is 8. The fourth-order valence-corrected chi connectivity index (χ4v) is 1.29. The summed E-state index contributed by atoms with van der Waals surface area (Å²) in [5.41, 5.74) is 0.524. The second kappa shape index (κ2) is 7.38.